The summed E-state index contributed by atoms with van der Waals surface area (Å²) >= 11 is 0. The number of benzene rings is 1. The molecule has 0 bridgehead atoms. The fourth-order valence-electron chi connectivity index (χ4n) is 2.84. The van der Waals surface area contributed by atoms with Crippen molar-refractivity contribution in [1.29, 1.82) is 0 Å². The summed E-state index contributed by atoms with van der Waals surface area (Å²) in [7, 11) is 0. The zero-order chi connectivity index (χ0) is 14.4. The highest BCUT2D eigenvalue weighted by Gasteiger charge is 2.29. The van der Waals surface area contributed by atoms with Crippen LogP contribution in [0.25, 0.3) is 0 Å². The van der Waals surface area contributed by atoms with E-state index in [-0.39, 0.29) is 18.1 Å². The number of anilines is 1. The number of aliphatic hydroxyl groups is 1. The van der Waals surface area contributed by atoms with Gasteiger partial charge in [0.05, 0.1) is 0 Å². The van der Waals surface area contributed by atoms with Crippen molar-refractivity contribution in [3.63, 3.8) is 0 Å². The number of carbonyl (C=O) groups is 1. The largest absolute Gasteiger partial charge is 0.396 e. The minimum absolute atomic E-state index is 0.00990. The van der Waals surface area contributed by atoms with E-state index < -0.39 is 0 Å². The molecule has 0 unspecified atom stereocenters. The summed E-state index contributed by atoms with van der Waals surface area (Å²) in [5.41, 5.74) is 7.82. The summed E-state index contributed by atoms with van der Waals surface area (Å²) < 4.78 is 0. The molecule has 110 valence electrons. The van der Waals surface area contributed by atoms with Gasteiger partial charge in [0.15, 0.2) is 0 Å². The van der Waals surface area contributed by atoms with E-state index in [4.69, 9.17) is 10.8 Å². The first-order chi connectivity index (χ1) is 9.61. The molecule has 1 saturated carbocycles. The monoisotopic (exact) mass is 276 g/mol. The first-order valence-corrected chi connectivity index (χ1v) is 7.40. The van der Waals surface area contributed by atoms with Gasteiger partial charge in [0, 0.05) is 24.3 Å². The normalized spacial score (nSPS) is 17.7. The van der Waals surface area contributed by atoms with Gasteiger partial charge in [0.2, 0.25) is 5.91 Å². The van der Waals surface area contributed by atoms with Gasteiger partial charge in [-0.25, -0.2) is 0 Å². The molecule has 0 saturated heterocycles. The minimum Gasteiger partial charge on any atom is -0.396 e. The zero-order valence-electron chi connectivity index (χ0n) is 11.9. The van der Waals surface area contributed by atoms with Crippen molar-refractivity contribution in [2.45, 2.75) is 50.5 Å². The van der Waals surface area contributed by atoms with Crippen LogP contribution in [-0.2, 0) is 11.2 Å². The highest BCUT2D eigenvalue weighted by atomic mass is 16.2. The highest BCUT2D eigenvalue weighted by molar-refractivity contribution is 5.91. The van der Waals surface area contributed by atoms with Crippen LogP contribution in [0.4, 0.5) is 5.69 Å². The molecule has 1 aliphatic rings. The van der Waals surface area contributed by atoms with Crippen LogP contribution in [0.2, 0.25) is 0 Å². The second-order valence-corrected chi connectivity index (χ2v) is 5.82. The second-order valence-electron chi connectivity index (χ2n) is 5.82. The third-order valence-electron chi connectivity index (χ3n) is 4.00. The number of carbonyl (C=O) groups excluding carboxylic acids is 1. The maximum Gasteiger partial charge on any atom is 0.226 e. The van der Waals surface area contributed by atoms with Crippen LogP contribution in [0.3, 0.4) is 0 Å². The molecule has 20 heavy (non-hydrogen) atoms. The van der Waals surface area contributed by atoms with Gasteiger partial charge in [0.1, 0.15) is 0 Å². The SMILES string of the molecule is NC1(CC(=O)Nc2ccc(CCO)cc2)CCCCC1. The lowest BCUT2D eigenvalue weighted by atomic mass is 9.80. The molecular formula is C16H24N2O2. The van der Waals surface area contributed by atoms with E-state index in [0.717, 1.165) is 36.9 Å². The Morgan fingerprint density at radius 2 is 1.85 bits per heavy atom. The molecule has 0 aliphatic heterocycles. The van der Waals surface area contributed by atoms with Crippen molar-refractivity contribution < 1.29 is 9.90 Å². The van der Waals surface area contributed by atoms with E-state index in [1.165, 1.54) is 6.42 Å². The topological polar surface area (TPSA) is 75.4 Å². The molecule has 4 nitrogen and oxygen atoms in total. The molecule has 0 spiro atoms. The van der Waals surface area contributed by atoms with E-state index in [2.05, 4.69) is 5.32 Å². The first kappa shape index (κ1) is 15.0. The van der Waals surface area contributed by atoms with E-state index in [1.807, 2.05) is 24.3 Å². The fourth-order valence-corrected chi connectivity index (χ4v) is 2.84. The Bertz CT molecular complexity index is 436. The molecule has 1 fully saturated rings. The minimum atomic E-state index is -0.320. The van der Waals surface area contributed by atoms with Gasteiger partial charge in [-0.15, -0.1) is 0 Å². The Labute approximate surface area is 120 Å². The van der Waals surface area contributed by atoms with Gasteiger partial charge in [-0.3, -0.25) is 4.79 Å². The van der Waals surface area contributed by atoms with Crippen LogP contribution in [0.5, 0.6) is 0 Å². The van der Waals surface area contributed by atoms with Crippen molar-refractivity contribution in [1.82, 2.24) is 0 Å². The van der Waals surface area contributed by atoms with Crippen molar-refractivity contribution in [2.75, 3.05) is 11.9 Å². The lowest BCUT2D eigenvalue weighted by Crippen LogP contribution is -2.44. The van der Waals surface area contributed by atoms with Gasteiger partial charge in [-0.05, 0) is 37.0 Å². The molecule has 0 radical (unpaired) electrons. The smallest absolute Gasteiger partial charge is 0.226 e. The van der Waals surface area contributed by atoms with Crippen molar-refractivity contribution >= 4 is 11.6 Å². The van der Waals surface area contributed by atoms with Crippen molar-refractivity contribution in [3.05, 3.63) is 29.8 Å². The molecule has 1 aliphatic carbocycles. The average Bonchev–Trinajstić information content (AvgIpc) is 2.41. The van der Waals surface area contributed by atoms with Gasteiger partial charge in [-0.2, -0.15) is 0 Å². The van der Waals surface area contributed by atoms with Gasteiger partial charge < -0.3 is 16.2 Å². The predicted octanol–water partition coefficient (Wildman–Crippen LogP) is 2.21. The summed E-state index contributed by atoms with van der Waals surface area (Å²) in [5, 5.41) is 11.8. The third-order valence-corrected chi connectivity index (χ3v) is 4.00. The Morgan fingerprint density at radius 1 is 1.20 bits per heavy atom. The Hall–Kier alpha value is -1.39. The van der Waals surface area contributed by atoms with E-state index in [9.17, 15) is 4.79 Å². The summed E-state index contributed by atoms with van der Waals surface area (Å²) in [6.07, 6.45) is 6.39. The maximum absolute atomic E-state index is 12.1. The molecule has 4 heteroatoms. The number of rotatable bonds is 5. The van der Waals surface area contributed by atoms with Crippen molar-refractivity contribution in [2.24, 2.45) is 5.73 Å². The van der Waals surface area contributed by atoms with Crippen molar-refractivity contribution in [3.8, 4) is 0 Å². The summed E-state index contributed by atoms with van der Waals surface area (Å²) in [5.74, 6) is -0.00990. The lowest BCUT2D eigenvalue weighted by Gasteiger charge is -2.32. The van der Waals surface area contributed by atoms with Crippen LogP contribution in [0.1, 0.15) is 44.1 Å². The number of hydrogen-bond donors (Lipinski definition) is 3. The number of hydrogen-bond acceptors (Lipinski definition) is 3. The molecule has 1 amide bonds. The highest BCUT2D eigenvalue weighted by Crippen LogP contribution is 2.28. The number of aliphatic hydroxyl groups excluding tert-OH is 1. The molecule has 0 aromatic heterocycles. The van der Waals surface area contributed by atoms with E-state index in [1.54, 1.807) is 0 Å². The van der Waals surface area contributed by atoms with Crippen LogP contribution >= 0.6 is 0 Å². The summed E-state index contributed by atoms with van der Waals surface area (Å²) in [6, 6.07) is 7.58. The Morgan fingerprint density at radius 3 is 2.45 bits per heavy atom. The number of nitrogens with one attached hydrogen (secondary N) is 1. The van der Waals surface area contributed by atoms with Gasteiger partial charge in [-0.1, -0.05) is 31.4 Å². The molecule has 0 atom stereocenters. The Kier molecular flexibility index (Phi) is 5.15. The third kappa shape index (κ3) is 4.32. The molecule has 1 aromatic carbocycles. The van der Waals surface area contributed by atoms with Gasteiger partial charge in [0.25, 0.3) is 0 Å². The van der Waals surface area contributed by atoms with Crippen LogP contribution in [0.15, 0.2) is 24.3 Å². The number of amides is 1. The van der Waals surface area contributed by atoms with Crippen LogP contribution < -0.4 is 11.1 Å². The number of nitrogens with two attached hydrogens (primary N) is 1. The molecule has 2 rings (SSSR count). The van der Waals surface area contributed by atoms with E-state index in [0.29, 0.717) is 12.8 Å². The Balaban J connectivity index is 1.87. The summed E-state index contributed by atoms with van der Waals surface area (Å²) in [6.45, 7) is 0.140. The molecular weight excluding hydrogens is 252 g/mol. The fraction of sp³-hybridized carbons (Fsp3) is 0.562. The van der Waals surface area contributed by atoms with E-state index >= 15 is 0 Å². The quantitative estimate of drug-likeness (QED) is 0.772. The second kappa shape index (κ2) is 6.86. The lowest BCUT2D eigenvalue weighted by molar-refractivity contribution is -0.117. The van der Waals surface area contributed by atoms with Gasteiger partial charge >= 0.3 is 0 Å². The average molecular weight is 276 g/mol. The molecule has 0 heterocycles. The van der Waals surface area contributed by atoms with Crippen LogP contribution in [-0.4, -0.2) is 23.2 Å². The first-order valence-electron chi connectivity index (χ1n) is 7.40. The zero-order valence-corrected chi connectivity index (χ0v) is 11.9. The summed E-state index contributed by atoms with van der Waals surface area (Å²) in [4.78, 5) is 12.1. The predicted molar refractivity (Wildman–Crippen MR) is 80.5 cm³/mol. The van der Waals surface area contributed by atoms with Crippen LogP contribution in [0, 0.1) is 0 Å². The molecule has 4 N–H and O–H groups in total. The standard InChI is InChI=1S/C16H24N2O2/c17-16(9-2-1-3-10-16)12-15(20)18-14-6-4-13(5-7-14)8-11-19/h4-7,19H,1-3,8-12,17H2,(H,18,20). The maximum atomic E-state index is 12.1. The molecule has 1 aromatic rings.